The number of hydrogen-bond donors (Lipinski definition) is 0. The zero-order valence-corrected chi connectivity index (χ0v) is 16.4. The monoisotopic (exact) mass is 439 g/mol. The van der Waals surface area contributed by atoms with Gasteiger partial charge in [-0.05, 0) is 57.9 Å². The van der Waals surface area contributed by atoms with Crippen molar-refractivity contribution in [3.05, 3.63) is 62.4 Å². The number of rotatable bonds is 3. The second-order valence-corrected chi connectivity index (χ2v) is 7.86. The van der Waals surface area contributed by atoms with Crippen LogP contribution < -0.4 is 9.64 Å². The third-order valence-electron chi connectivity index (χ3n) is 3.33. The molecule has 0 saturated carbocycles. The summed E-state index contributed by atoms with van der Waals surface area (Å²) in [4.78, 5) is 14.8. The van der Waals surface area contributed by atoms with Crippen LogP contribution in [0.2, 0.25) is 5.02 Å². The topological polar surface area (TPSA) is 29.5 Å². The van der Waals surface area contributed by atoms with Gasteiger partial charge in [-0.25, -0.2) is 0 Å². The Morgan fingerprint density at radius 2 is 2.08 bits per heavy atom. The Bertz CT molecular complexity index is 869. The van der Waals surface area contributed by atoms with Gasteiger partial charge in [0.05, 0.1) is 22.2 Å². The Morgan fingerprint density at radius 3 is 2.75 bits per heavy atom. The van der Waals surface area contributed by atoms with Crippen molar-refractivity contribution in [2.24, 2.45) is 0 Å². The fourth-order valence-electron chi connectivity index (χ4n) is 2.23. The van der Waals surface area contributed by atoms with Gasteiger partial charge >= 0.3 is 0 Å². The number of carbonyl (C=O) groups excluding carboxylic acids is 1. The van der Waals surface area contributed by atoms with Crippen LogP contribution in [0.3, 0.4) is 0 Å². The van der Waals surface area contributed by atoms with Crippen molar-refractivity contribution in [2.75, 3.05) is 12.0 Å². The number of benzene rings is 2. The highest BCUT2D eigenvalue weighted by molar-refractivity contribution is 9.10. The maximum atomic E-state index is 12.7. The molecule has 2 aromatic rings. The van der Waals surface area contributed by atoms with E-state index in [2.05, 4.69) is 15.9 Å². The Morgan fingerprint density at radius 1 is 1.29 bits per heavy atom. The van der Waals surface area contributed by atoms with Crippen LogP contribution in [0, 0.1) is 0 Å². The van der Waals surface area contributed by atoms with E-state index in [-0.39, 0.29) is 5.91 Å². The fraction of sp³-hybridized carbons (Fsp3) is 0.0588. The van der Waals surface area contributed by atoms with E-state index in [4.69, 9.17) is 28.6 Å². The van der Waals surface area contributed by atoms with Gasteiger partial charge in [-0.3, -0.25) is 9.69 Å². The quantitative estimate of drug-likeness (QED) is 0.464. The maximum Gasteiger partial charge on any atom is 0.270 e. The van der Waals surface area contributed by atoms with Gasteiger partial charge in [0.1, 0.15) is 5.75 Å². The molecule has 122 valence electrons. The standard InChI is InChI=1S/C17H11BrClNO2S2/c1-22-14-6-5-10(7-13(14)18)8-15-16(21)20(17(23)24-15)12-4-2-3-11(19)9-12/h2-9H,1H3/b15-8+. The molecule has 0 aliphatic carbocycles. The summed E-state index contributed by atoms with van der Waals surface area (Å²) in [6.45, 7) is 0. The summed E-state index contributed by atoms with van der Waals surface area (Å²) in [6, 6.07) is 12.7. The van der Waals surface area contributed by atoms with Crippen molar-refractivity contribution in [3.8, 4) is 5.75 Å². The predicted molar refractivity (Wildman–Crippen MR) is 108 cm³/mol. The molecule has 0 aromatic heterocycles. The molecule has 2 aromatic carbocycles. The molecule has 0 N–H and O–H groups in total. The van der Waals surface area contributed by atoms with E-state index in [0.717, 1.165) is 15.8 Å². The van der Waals surface area contributed by atoms with Crippen LogP contribution in [0.4, 0.5) is 5.69 Å². The van der Waals surface area contributed by atoms with Gasteiger partial charge in [0, 0.05) is 5.02 Å². The van der Waals surface area contributed by atoms with E-state index in [0.29, 0.717) is 19.9 Å². The van der Waals surface area contributed by atoms with Crippen molar-refractivity contribution in [1.82, 2.24) is 0 Å². The van der Waals surface area contributed by atoms with Gasteiger partial charge in [0.15, 0.2) is 4.32 Å². The minimum absolute atomic E-state index is 0.154. The SMILES string of the molecule is COc1ccc(/C=C2/SC(=S)N(c3cccc(Cl)c3)C2=O)cc1Br. The van der Waals surface area contributed by atoms with Crippen LogP contribution in [0.25, 0.3) is 6.08 Å². The zero-order valence-electron chi connectivity index (χ0n) is 12.5. The smallest absolute Gasteiger partial charge is 0.270 e. The molecule has 0 bridgehead atoms. The maximum absolute atomic E-state index is 12.7. The molecular weight excluding hydrogens is 430 g/mol. The van der Waals surface area contributed by atoms with Crippen LogP contribution >= 0.6 is 51.5 Å². The first kappa shape index (κ1) is 17.5. The second-order valence-electron chi connectivity index (χ2n) is 4.89. The van der Waals surface area contributed by atoms with Crippen LogP contribution in [0.1, 0.15) is 5.56 Å². The molecule has 1 heterocycles. The van der Waals surface area contributed by atoms with Crippen molar-refractivity contribution >= 4 is 73.5 Å². The third kappa shape index (κ3) is 3.52. The predicted octanol–water partition coefficient (Wildman–Crippen LogP) is 5.52. The zero-order chi connectivity index (χ0) is 17.3. The van der Waals surface area contributed by atoms with Crippen molar-refractivity contribution < 1.29 is 9.53 Å². The molecule has 1 saturated heterocycles. The van der Waals surface area contributed by atoms with Gasteiger partial charge < -0.3 is 4.74 Å². The summed E-state index contributed by atoms with van der Waals surface area (Å²) in [7, 11) is 1.61. The molecule has 0 atom stereocenters. The van der Waals surface area contributed by atoms with Gasteiger partial charge in [0.2, 0.25) is 0 Å². The number of methoxy groups -OCH3 is 1. The first-order valence-electron chi connectivity index (χ1n) is 6.86. The minimum atomic E-state index is -0.154. The normalized spacial score (nSPS) is 16.1. The lowest BCUT2D eigenvalue weighted by Gasteiger charge is -2.14. The number of thiocarbonyl (C=S) groups is 1. The van der Waals surface area contributed by atoms with E-state index in [1.165, 1.54) is 16.7 Å². The van der Waals surface area contributed by atoms with Crippen LogP contribution in [-0.2, 0) is 4.79 Å². The highest BCUT2D eigenvalue weighted by Crippen LogP contribution is 2.37. The van der Waals surface area contributed by atoms with Crippen molar-refractivity contribution in [2.45, 2.75) is 0 Å². The van der Waals surface area contributed by atoms with E-state index in [9.17, 15) is 4.79 Å². The van der Waals surface area contributed by atoms with Crippen LogP contribution in [0.5, 0.6) is 5.75 Å². The number of ether oxygens (including phenoxy) is 1. The molecule has 3 nitrogen and oxygen atoms in total. The summed E-state index contributed by atoms with van der Waals surface area (Å²) in [5, 5.41) is 0.560. The Hall–Kier alpha value is -1.34. The number of amides is 1. The number of nitrogens with zero attached hydrogens (tertiary/aromatic N) is 1. The average molecular weight is 441 g/mol. The molecule has 0 radical (unpaired) electrons. The summed E-state index contributed by atoms with van der Waals surface area (Å²) in [5.41, 5.74) is 1.55. The molecule has 0 spiro atoms. The van der Waals surface area contributed by atoms with Gasteiger partial charge in [-0.2, -0.15) is 0 Å². The van der Waals surface area contributed by atoms with E-state index in [1.54, 1.807) is 25.3 Å². The van der Waals surface area contributed by atoms with E-state index < -0.39 is 0 Å². The molecule has 24 heavy (non-hydrogen) atoms. The molecule has 3 rings (SSSR count). The molecule has 1 amide bonds. The van der Waals surface area contributed by atoms with Gasteiger partial charge in [-0.1, -0.05) is 47.7 Å². The Balaban J connectivity index is 1.92. The summed E-state index contributed by atoms with van der Waals surface area (Å²) < 4.78 is 6.52. The molecule has 1 aliphatic rings. The summed E-state index contributed by atoms with van der Waals surface area (Å²) >= 11 is 16.1. The Labute approximate surface area is 162 Å². The average Bonchev–Trinajstić information content (AvgIpc) is 2.81. The molecular formula is C17H11BrClNO2S2. The van der Waals surface area contributed by atoms with Gasteiger partial charge in [-0.15, -0.1) is 0 Å². The lowest BCUT2D eigenvalue weighted by Crippen LogP contribution is -2.27. The summed E-state index contributed by atoms with van der Waals surface area (Å²) in [5.74, 6) is 0.581. The first-order valence-corrected chi connectivity index (χ1v) is 9.26. The number of halogens is 2. The molecule has 7 heteroatoms. The minimum Gasteiger partial charge on any atom is -0.496 e. The first-order chi connectivity index (χ1) is 11.5. The molecule has 1 fully saturated rings. The van der Waals surface area contributed by atoms with Crippen LogP contribution in [-0.4, -0.2) is 17.3 Å². The van der Waals surface area contributed by atoms with Crippen molar-refractivity contribution in [3.63, 3.8) is 0 Å². The Kier molecular flexibility index (Phi) is 5.30. The third-order valence-corrected chi connectivity index (χ3v) is 5.49. The van der Waals surface area contributed by atoms with Gasteiger partial charge in [0.25, 0.3) is 5.91 Å². The molecule has 1 aliphatic heterocycles. The summed E-state index contributed by atoms with van der Waals surface area (Å²) in [6.07, 6.45) is 1.81. The number of hydrogen-bond acceptors (Lipinski definition) is 4. The largest absolute Gasteiger partial charge is 0.496 e. The number of carbonyl (C=O) groups is 1. The van der Waals surface area contributed by atoms with Crippen LogP contribution in [0.15, 0.2) is 51.8 Å². The van der Waals surface area contributed by atoms with Crippen molar-refractivity contribution in [1.29, 1.82) is 0 Å². The highest BCUT2D eigenvalue weighted by Gasteiger charge is 2.33. The fourth-order valence-corrected chi connectivity index (χ4v) is 4.27. The van der Waals surface area contributed by atoms with E-state index >= 15 is 0 Å². The number of anilines is 1. The lowest BCUT2D eigenvalue weighted by atomic mass is 10.2. The van der Waals surface area contributed by atoms with E-state index in [1.807, 2.05) is 30.3 Å². The second kappa shape index (κ2) is 7.27. The number of thioether (sulfide) groups is 1. The lowest BCUT2D eigenvalue weighted by molar-refractivity contribution is -0.113. The highest BCUT2D eigenvalue weighted by atomic mass is 79.9. The molecule has 0 unspecified atom stereocenters.